The van der Waals surface area contributed by atoms with Crippen LogP contribution in [-0.4, -0.2) is 38.6 Å². The number of nitrogens with zero attached hydrogens (tertiary/aromatic N) is 1. The van der Waals surface area contributed by atoms with Crippen molar-refractivity contribution >= 4 is 0 Å². The maximum Gasteiger partial charge on any atom is 0.330 e. The maximum absolute atomic E-state index is 12.0. The smallest absolute Gasteiger partial charge is 0.330 e. The monoisotopic (exact) mass is 332 g/mol. The van der Waals surface area contributed by atoms with Gasteiger partial charge in [-0.2, -0.15) is 0 Å². The average Bonchev–Trinajstić information content (AvgIpc) is 2.90. The zero-order valence-corrected chi connectivity index (χ0v) is 13.0. The third kappa shape index (κ3) is 3.33. The maximum atomic E-state index is 12.0. The lowest BCUT2D eigenvalue weighted by molar-refractivity contribution is -0.0483. The number of aromatic amines is 1. The number of hydrogen-bond acceptors (Lipinski definition) is 5. The first-order chi connectivity index (χ1) is 11.6. The molecule has 24 heavy (non-hydrogen) atoms. The first-order valence-electron chi connectivity index (χ1n) is 7.90. The van der Waals surface area contributed by atoms with Gasteiger partial charge in [0.2, 0.25) is 0 Å². The number of H-pyrrole nitrogens is 1. The lowest BCUT2D eigenvalue weighted by Gasteiger charge is -2.21. The van der Waals surface area contributed by atoms with Crippen LogP contribution in [0.3, 0.4) is 0 Å². The number of rotatable bonds is 5. The largest absolute Gasteiger partial charge is 0.394 e. The number of hydrogen-bond donors (Lipinski definition) is 3. The van der Waals surface area contributed by atoms with Crippen molar-refractivity contribution in [3.63, 3.8) is 0 Å². The van der Waals surface area contributed by atoms with Gasteiger partial charge in [0.05, 0.1) is 12.7 Å². The Kier molecular flexibility index (Phi) is 4.94. The minimum absolute atomic E-state index is 0.336. The summed E-state index contributed by atoms with van der Waals surface area (Å²) in [6.45, 7) is -0.336. The van der Waals surface area contributed by atoms with E-state index < -0.39 is 29.7 Å². The topological polar surface area (TPSA) is 105 Å². The molecule has 0 radical (unpaired) electrons. The molecule has 0 saturated carbocycles. The Bertz CT molecular complexity index is 785. The van der Waals surface area contributed by atoms with Crippen molar-refractivity contribution in [2.24, 2.45) is 5.92 Å². The van der Waals surface area contributed by atoms with E-state index in [9.17, 15) is 19.8 Å². The molecule has 3 N–H and O–H groups in total. The highest BCUT2D eigenvalue weighted by molar-refractivity contribution is 5.15. The Morgan fingerprint density at radius 3 is 2.58 bits per heavy atom. The molecule has 2 aromatic rings. The number of aliphatic hydroxyl groups is 2. The average molecular weight is 332 g/mol. The molecular weight excluding hydrogens is 312 g/mol. The molecular formula is C17H20N2O5. The minimum atomic E-state index is -0.887. The lowest BCUT2D eigenvalue weighted by Crippen LogP contribution is -2.35. The molecule has 0 spiro atoms. The first-order valence-corrected chi connectivity index (χ1v) is 7.90. The fourth-order valence-electron chi connectivity index (χ4n) is 3.15. The van der Waals surface area contributed by atoms with Crippen molar-refractivity contribution in [1.29, 1.82) is 0 Å². The first kappa shape index (κ1) is 16.6. The van der Waals surface area contributed by atoms with Crippen molar-refractivity contribution < 1.29 is 14.9 Å². The molecule has 3 rings (SSSR count). The van der Waals surface area contributed by atoms with Gasteiger partial charge in [-0.15, -0.1) is 0 Å². The van der Waals surface area contributed by atoms with Gasteiger partial charge in [0, 0.05) is 18.2 Å². The summed E-state index contributed by atoms with van der Waals surface area (Å²) in [6, 6.07) is 11.0. The zero-order valence-electron chi connectivity index (χ0n) is 13.0. The Balaban J connectivity index is 1.85. The molecule has 2 heterocycles. The number of nitrogens with one attached hydrogen (secondary N) is 1. The van der Waals surface area contributed by atoms with Gasteiger partial charge in [0.15, 0.2) is 0 Å². The highest BCUT2D eigenvalue weighted by atomic mass is 16.5. The lowest BCUT2D eigenvalue weighted by atomic mass is 9.92. The van der Waals surface area contributed by atoms with E-state index in [2.05, 4.69) is 4.98 Å². The summed E-state index contributed by atoms with van der Waals surface area (Å²) in [7, 11) is 0. The van der Waals surface area contributed by atoms with Gasteiger partial charge >= 0.3 is 5.69 Å². The van der Waals surface area contributed by atoms with Crippen molar-refractivity contribution in [2.45, 2.75) is 31.3 Å². The van der Waals surface area contributed by atoms with E-state index >= 15 is 0 Å². The number of aryl methyl sites for hydroxylation is 1. The number of ether oxygens (including phenoxy) is 1. The van der Waals surface area contributed by atoms with Gasteiger partial charge in [0.25, 0.3) is 5.56 Å². The molecule has 0 amide bonds. The van der Waals surface area contributed by atoms with E-state index in [4.69, 9.17) is 4.74 Å². The summed E-state index contributed by atoms with van der Waals surface area (Å²) in [5.74, 6) is -0.369. The third-order valence-electron chi connectivity index (χ3n) is 4.41. The van der Waals surface area contributed by atoms with Crippen molar-refractivity contribution in [1.82, 2.24) is 9.55 Å². The minimum Gasteiger partial charge on any atom is -0.394 e. The summed E-state index contributed by atoms with van der Waals surface area (Å²) in [4.78, 5) is 25.5. The van der Waals surface area contributed by atoms with E-state index in [1.165, 1.54) is 16.8 Å². The fourth-order valence-corrected chi connectivity index (χ4v) is 3.15. The van der Waals surface area contributed by atoms with E-state index in [1.807, 2.05) is 30.3 Å². The normalized spacial score (nSPS) is 26.6. The number of benzene rings is 1. The van der Waals surface area contributed by atoms with Crippen LogP contribution in [0.4, 0.5) is 0 Å². The highest BCUT2D eigenvalue weighted by Crippen LogP contribution is 2.36. The predicted octanol–water partition coefficient (Wildman–Crippen LogP) is 0.0362. The van der Waals surface area contributed by atoms with E-state index in [1.54, 1.807) is 0 Å². The van der Waals surface area contributed by atoms with E-state index in [0.29, 0.717) is 12.8 Å². The molecule has 1 aromatic heterocycles. The van der Waals surface area contributed by atoms with Crippen LogP contribution in [0.5, 0.6) is 0 Å². The molecule has 4 atom stereocenters. The fraction of sp³-hybridized carbons (Fsp3) is 0.412. The molecule has 128 valence electrons. The van der Waals surface area contributed by atoms with Crippen LogP contribution < -0.4 is 11.2 Å². The second-order valence-electron chi connectivity index (χ2n) is 5.94. The molecule has 1 aromatic carbocycles. The van der Waals surface area contributed by atoms with E-state index in [0.717, 1.165) is 5.56 Å². The number of aliphatic hydroxyl groups excluding tert-OH is 2. The van der Waals surface area contributed by atoms with Crippen molar-refractivity contribution in [3.8, 4) is 0 Å². The molecule has 0 aliphatic carbocycles. The van der Waals surface area contributed by atoms with Crippen molar-refractivity contribution in [2.75, 3.05) is 6.61 Å². The molecule has 7 nitrogen and oxygen atoms in total. The summed E-state index contributed by atoms with van der Waals surface area (Å²) in [5.41, 5.74) is 0.0297. The summed E-state index contributed by atoms with van der Waals surface area (Å²) >= 11 is 0. The van der Waals surface area contributed by atoms with Gasteiger partial charge in [-0.3, -0.25) is 14.3 Å². The molecule has 1 fully saturated rings. The molecule has 0 unspecified atom stereocenters. The Labute approximate surface area is 138 Å². The molecule has 1 aliphatic heterocycles. The Hall–Kier alpha value is -2.22. The SMILES string of the molecule is O=c1ccn([C@@H]2O[C@H](CO)[C@@H](O)[C@@H]2CCc2ccccc2)c(=O)[nH]1. The van der Waals surface area contributed by atoms with Crippen molar-refractivity contribution in [3.05, 3.63) is 69.0 Å². The van der Waals surface area contributed by atoms with Gasteiger partial charge in [-0.1, -0.05) is 30.3 Å². The second-order valence-corrected chi connectivity index (χ2v) is 5.94. The second kappa shape index (κ2) is 7.12. The van der Waals surface area contributed by atoms with Crippen LogP contribution in [0.2, 0.25) is 0 Å². The summed E-state index contributed by atoms with van der Waals surface area (Å²) in [5, 5.41) is 19.8. The van der Waals surface area contributed by atoms with Crippen LogP contribution in [0.15, 0.2) is 52.2 Å². The molecule has 7 heteroatoms. The highest BCUT2D eigenvalue weighted by Gasteiger charge is 2.44. The summed E-state index contributed by atoms with van der Waals surface area (Å²) in [6.07, 6.45) is 0.270. The summed E-state index contributed by atoms with van der Waals surface area (Å²) < 4.78 is 6.93. The van der Waals surface area contributed by atoms with Gasteiger partial charge in [-0.05, 0) is 18.4 Å². The van der Waals surface area contributed by atoms with Crippen LogP contribution in [0.1, 0.15) is 18.2 Å². The number of aromatic nitrogens is 2. The van der Waals surface area contributed by atoms with Crippen LogP contribution >= 0.6 is 0 Å². The molecule has 1 aliphatic rings. The Morgan fingerprint density at radius 1 is 1.17 bits per heavy atom. The predicted molar refractivity (Wildman–Crippen MR) is 86.6 cm³/mol. The standard InChI is InChI=1S/C17H20N2O5/c20-10-13-15(22)12(7-6-11-4-2-1-3-5-11)16(24-13)19-9-8-14(21)18-17(19)23/h1-5,8-9,12-13,15-16,20,22H,6-7,10H2,(H,18,21,23)/t12-,13+,15-,16+/m0/s1. The van der Waals surface area contributed by atoms with Gasteiger partial charge in [-0.25, -0.2) is 4.79 Å². The van der Waals surface area contributed by atoms with Crippen LogP contribution in [0.25, 0.3) is 0 Å². The van der Waals surface area contributed by atoms with Gasteiger partial charge < -0.3 is 14.9 Å². The van der Waals surface area contributed by atoms with Crippen LogP contribution in [-0.2, 0) is 11.2 Å². The third-order valence-corrected chi connectivity index (χ3v) is 4.41. The Morgan fingerprint density at radius 2 is 1.92 bits per heavy atom. The quantitative estimate of drug-likeness (QED) is 0.717. The van der Waals surface area contributed by atoms with Crippen LogP contribution in [0, 0.1) is 5.92 Å². The van der Waals surface area contributed by atoms with Gasteiger partial charge in [0.1, 0.15) is 12.3 Å². The zero-order chi connectivity index (χ0) is 17.1. The molecule has 1 saturated heterocycles. The molecule has 0 bridgehead atoms. The van der Waals surface area contributed by atoms with E-state index in [-0.39, 0.29) is 12.5 Å².